The monoisotopic (exact) mass is 338 g/mol. The number of para-hydroxylation sites is 1. The Labute approximate surface area is 140 Å². The highest BCUT2D eigenvalue weighted by Crippen LogP contribution is 2.08. The Bertz CT molecular complexity index is 645. The smallest absolute Gasteiger partial charge is 0.322 e. The molecule has 0 bridgehead atoms. The molecule has 1 aromatic carbocycles. The molecule has 0 saturated carbocycles. The van der Waals surface area contributed by atoms with Crippen LogP contribution >= 0.6 is 12.4 Å². The summed E-state index contributed by atoms with van der Waals surface area (Å²) < 4.78 is 1.77. The van der Waals surface area contributed by atoms with E-state index in [0.717, 1.165) is 11.3 Å². The number of nitrogens with one attached hydrogen (secondary N) is 1. The van der Waals surface area contributed by atoms with Gasteiger partial charge in [-0.15, -0.1) is 12.4 Å². The van der Waals surface area contributed by atoms with Gasteiger partial charge >= 0.3 is 5.97 Å². The number of carboxylic acid groups (broad SMARTS) is 1. The molecule has 2 rings (SSSR count). The molecule has 1 heterocycles. The van der Waals surface area contributed by atoms with Gasteiger partial charge in [0.25, 0.3) is 0 Å². The Hall–Kier alpha value is -2.38. The number of aromatic nitrogens is 2. The Kier molecular flexibility index (Phi) is 7.24. The molecule has 7 nitrogen and oxygen atoms in total. The summed E-state index contributed by atoms with van der Waals surface area (Å²) in [6.45, 7) is 0.315. The lowest BCUT2D eigenvalue weighted by Gasteiger charge is -2.14. The van der Waals surface area contributed by atoms with E-state index in [0.29, 0.717) is 6.54 Å². The van der Waals surface area contributed by atoms with Crippen molar-refractivity contribution in [3.05, 3.63) is 48.3 Å². The SMILES string of the molecule is CN(CC(=O)NCC(=O)O)Cc1cnn(-c2ccccc2)c1.Cl. The van der Waals surface area contributed by atoms with Gasteiger partial charge in [-0.3, -0.25) is 14.5 Å². The van der Waals surface area contributed by atoms with Crippen LogP contribution in [0.3, 0.4) is 0 Å². The van der Waals surface area contributed by atoms with E-state index in [2.05, 4.69) is 10.4 Å². The van der Waals surface area contributed by atoms with Gasteiger partial charge in [-0.1, -0.05) is 18.2 Å². The molecule has 1 amide bonds. The van der Waals surface area contributed by atoms with Gasteiger partial charge in [0.1, 0.15) is 6.54 Å². The molecule has 1 aromatic heterocycles. The number of likely N-dealkylation sites (N-methyl/N-ethyl adjacent to an activating group) is 1. The number of carbonyl (C=O) groups is 2. The predicted molar refractivity (Wildman–Crippen MR) is 87.8 cm³/mol. The van der Waals surface area contributed by atoms with Crippen LogP contribution < -0.4 is 5.32 Å². The van der Waals surface area contributed by atoms with E-state index in [1.807, 2.05) is 36.5 Å². The fourth-order valence-electron chi connectivity index (χ4n) is 2.01. The summed E-state index contributed by atoms with van der Waals surface area (Å²) in [5.41, 5.74) is 1.94. The third-order valence-electron chi connectivity index (χ3n) is 2.96. The zero-order valence-corrected chi connectivity index (χ0v) is 13.5. The largest absolute Gasteiger partial charge is 0.480 e. The van der Waals surface area contributed by atoms with Gasteiger partial charge in [0.05, 0.1) is 18.4 Å². The van der Waals surface area contributed by atoms with Gasteiger partial charge in [-0.25, -0.2) is 4.68 Å². The Balaban J connectivity index is 0.00000264. The van der Waals surface area contributed by atoms with Crippen LogP contribution in [0.4, 0.5) is 0 Å². The first-order valence-corrected chi connectivity index (χ1v) is 6.80. The second-order valence-electron chi connectivity index (χ2n) is 4.97. The highest BCUT2D eigenvalue weighted by atomic mass is 35.5. The average molecular weight is 339 g/mol. The van der Waals surface area contributed by atoms with Crippen molar-refractivity contribution in [2.24, 2.45) is 0 Å². The summed E-state index contributed by atoms with van der Waals surface area (Å²) in [5, 5.41) is 15.1. The number of nitrogens with zero attached hydrogens (tertiary/aromatic N) is 3. The van der Waals surface area contributed by atoms with Crippen LogP contribution in [0.2, 0.25) is 0 Å². The van der Waals surface area contributed by atoms with Crippen LogP contribution in [-0.4, -0.2) is 51.8 Å². The van der Waals surface area contributed by atoms with Crippen molar-refractivity contribution < 1.29 is 14.7 Å². The topological polar surface area (TPSA) is 87.5 Å². The molecule has 23 heavy (non-hydrogen) atoms. The van der Waals surface area contributed by atoms with E-state index in [4.69, 9.17) is 5.11 Å². The first-order valence-electron chi connectivity index (χ1n) is 6.80. The van der Waals surface area contributed by atoms with E-state index in [-0.39, 0.29) is 31.4 Å². The van der Waals surface area contributed by atoms with Crippen LogP contribution in [0.1, 0.15) is 5.56 Å². The van der Waals surface area contributed by atoms with Gasteiger partial charge in [0, 0.05) is 18.3 Å². The summed E-state index contributed by atoms with van der Waals surface area (Å²) in [6.07, 6.45) is 3.65. The van der Waals surface area contributed by atoms with Crippen molar-refractivity contribution in [3.63, 3.8) is 0 Å². The standard InChI is InChI=1S/C15H18N4O3.ClH/c1-18(11-14(20)16-8-15(21)22)9-12-7-17-19(10-12)13-5-3-2-4-6-13;/h2-7,10H,8-9,11H2,1H3,(H,16,20)(H,21,22);1H. The second-order valence-corrected chi connectivity index (χ2v) is 4.97. The van der Waals surface area contributed by atoms with Crippen LogP contribution in [0, 0.1) is 0 Å². The Morgan fingerprint density at radius 3 is 2.65 bits per heavy atom. The molecule has 0 radical (unpaired) electrons. The second kappa shape index (κ2) is 8.92. The van der Waals surface area contributed by atoms with Gasteiger partial charge in [0.2, 0.25) is 5.91 Å². The number of aliphatic carboxylic acids is 1. The molecule has 124 valence electrons. The minimum Gasteiger partial charge on any atom is -0.480 e. The lowest BCUT2D eigenvalue weighted by molar-refractivity contribution is -0.138. The molecule has 2 aromatic rings. The van der Waals surface area contributed by atoms with E-state index in [9.17, 15) is 9.59 Å². The summed E-state index contributed by atoms with van der Waals surface area (Å²) in [5.74, 6) is -1.37. The summed E-state index contributed by atoms with van der Waals surface area (Å²) in [6, 6.07) is 9.74. The number of benzene rings is 1. The molecule has 0 fully saturated rings. The number of carbonyl (C=O) groups excluding carboxylic acids is 1. The van der Waals surface area contributed by atoms with Crippen molar-refractivity contribution in [2.45, 2.75) is 6.54 Å². The van der Waals surface area contributed by atoms with Crippen molar-refractivity contribution in [3.8, 4) is 5.69 Å². The number of carboxylic acids is 1. The van der Waals surface area contributed by atoms with Gasteiger partial charge in [0.15, 0.2) is 0 Å². The molecule has 0 unspecified atom stereocenters. The molecular weight excluding hydrogens is 320 g/mol. The quantitative estimate of drug-likeness (QED) is 0.784. The fourth-order valence-corrected chi connectivity index (χ4v) is 2.01. The van der Waals surface area contributed by atoms with Crippen molar-refractivity contribution in [1.29, 1.82) is 0 Å². The molecule has 0 spiro atoms. The van der Waals surface area contributed by atoms with Crippen LogP contribution in [0.25, 0.3) is 5.69 Å². The van der Waals surface area contributed by atoms with Gasteiger partial charge in [-0.2, -0.15) is 5.10 Å². The molecule has 0 aliphatic heterocycles. The minimum absolute atomic E-state index is 0. The first kappa shape index (κ1) is 18.7. The van der Waals surface area contributed by atoms with Crippen molar-refractivity contribution >= 4 is 24.3 Å². The number of rotatable bonds is 7. The van der Waals surface area contributed by atoms with Crippen molar-refractivity contribution in [1.82, 2.24) is 20.0 Å². The Morgan fingerprint density at radius 2 is 2.00 bits per heavy atom. The zero-order valence-electron chi connectivity index (χ0n) is 12.7. The van der Waals surface area contributed by atoms with E-state index >= 15 is 0 Å². The van der Waals surface area contributed by atoms with Gasteiger partial charge in [-0.05, 0) is 19.2 Å². The van der Waals surface area contributed by atoms with Crippen LogP contribution in [0.5, 0.6) is 0 Å². The first-order chi connectivity index (χ1) is 10.5. The third-order valence-corrected chi connectivity index (χ3v) is 2.96. The highest BCUT2D eigenvalue weighted by molar-refractivity contribution is 5.85. The third kappa shape index (κ3) is 6.09. The zero-order chi connectivity index (χ0) is 15.9. The summed E-state index contributed by atoms with van der Waals surface area (Å²) in [7, 11) is 1.79. The maximum atomic E-state index is 11.5. The molecule has 0 atom stereocenters. The highest BCUT2D eigenvalue weighted by Gasteiger charge is 2.09. The maximum absolute atomic E-state index is 11.5. The lowest BCUT2D eigenvalue weighted by Crippen LogP contribution is -2.37. The van der Waals surface area contributed by atoms with E-state index < -0.39 is 5.97 Å². The molecule has 8 heteroatoms. The molecule has 0 aliphatic carbocycles. The normalized spacial score (nSPS) is 10.2. The van der Waals surface area contributed by atoms with E-state index in [1.165, 1.54) is 0 Å². The maximum Gasteiger partial charge on any atom is 0.322 e. The average Bonchev–Trinajstić information content (AvgIpc) is 2.94. The van der Waals surface area contributed by atoms with Crippen LogP contribution in [0.15, 0.2) is 42.7 Å². The van der Waals surface area contributed by atoms with Crippen LogP contribution in [-0.2, 0) is 16.1 Å². The van der Waals surface area contributed by atoms with Gasteiger partial charge < -0.3 is 10.4 Å². The molecule has 0 saturated heterocycles. The summed E-state index contributed by atoms with van der Waals surface area (Å²) >= 11 is 0. The lowest BCUT2D eigenvalue weighted by atomic mass is 10.3. The van der Waals surface area contributed by atoms with Crippen molar-refractivity contribution in [2.75, 3.05) is 20.1 Å². The Morgan fingerprint density at radius 1 is 1.30 bits per heavy atom. The number of hydrogen-bond donors (Lipinski definition) is 2. The minimum atomic E-state index is -1.06. The molecule has 2 N–H and O–H groups in total. The fraction of sp³-hybridized carbons (Fsp3) is 0.267. The predicted octanol–water partition coefficient (Wildman–Crippen LogP) is 0.927. The summed E-state index contributed by atoms with van der Waals surface area (Å²) in [4.78, 5) is 23.7. The molecule has 0 aliphatic rings. The number of hydrogen-bond acceptors (Lipinski definition) is 4. The molecular formula is C15H19ClN4O3. The number of amides is 1. The van der Waals surface area contributed by atoms with E-state index in [1.54, 1.807) is 22.8 Å². The number of halogens is 1.